The lowest BCUT2D eigenvalue weighted by atomic mass is 10.0. The summed E-state index contributed by atoms with van der Waals surface area (Å²) in [6.45, 7) is 10.3. The van der Waals surface area contributed by atoms with E-state index >= 15 is 0 Å². The molecule has 0 saturated carbocycles. The molecular formula is C34H49N5O8. The number of nitrogens with zero attached hydrogens (tertiary/aromatic N) is 2. The summed E-state index contributed by atoms with van der Waals surface area (Å²) in [6, 6.07) is 8.93. The monoisotopic (exact) mass is 655 g/mol. The SMILES string of the molecule is CC(C)NC(=O)Nc1ccc2c(c1)C(=O)N([C@H](C)CO)C[C@H](C)[C@@H](CN(C)C(=O)Nc1ccc3c(c1)OCO3)OCCCC[C@H](C)O2. The Kier molecular flexibility index (Phi) is 12.5. The fourth-order valence-corrected chi connectivity index (χ4v) is 5.44. The maximum absolute atomic E-state index is 14.3. The Morgan fingerprint density at radius 1 is 1.00 bits per heavy atom. The summed E-state index contributed by atoms with van der Waals surface area (Å²) in [5, 5.41) is 18.7. The maximum atomic E-state index is 14.3. The molecule has 258 valence electrons. The summed E-state index contributed by atoms with van der Waals surface area (Å²) in [5.41, 5.74) is 1.29. The second-order valence-electron chi connectivity index (χ2n) is 12.6. The third-order valence-corrected chi connectivity index (χ3v) is 8.15. The molecule has 4 atom stereocenters. The number of carbonyl (C=O) groups is 3. The lowest BCUT2D eigenvalue weighted by Gasteiger charge is -2.35. The number of hydrogen-bond acceptors (Lipinski definition) is 8. The number of urea groups is 2. The molecular weight excluding hydrogens is 606 g/mol. The highest BCUT2D eigenvalue weighted by molar-refractivity contribution is 5.99. The van der Waals surface area contributed by atoms with Gasteiger partial charge in [0.25, 0.3) is 5.91 Å². The number of nitrogens with one attached hydrogen (secondary N) is 3. The van der Waals surface area contributed by atoms with Gasteiger partial charge in [0, 0.05) is 56.1 Å². The van der Waals surface area contributed by atoms with E-state index in [1.165, 1.54) is 0 Å². The highest BCUT2D eigenvalue weighted by atomic mass is 16.7. The van der Waals surface area contributed by atoms with E-state index in [4.69, 9.17) is 18.9 Å². The first-order chi connectivity index (χ1) is 22.4. The number of fused-ring (bicyclic) bond motifs is 2. The molecule has 0 unspecified atom stereocenters. The van der Waals surface area contributed by atoms with Crippen LogP contribution in [0.4, 0.5) is 21.0 Å². The summed E-state index contributed by atoms with van der Waals surface area (Å²) in [4.78, 5) is 43.1. The maximum Gasteiger partial charge on any atom is 0.321 e. The highest BCUT2D eigenvalue weighted by Gasteiger charge is 2.31. The van der Waals surface area contributed by atoms with Crippen LogP contribution < -0.4 is 30.2 Å². The molecule has 0 fully saturated rings. The number of aliphatic hydroxyl groups is 1. The van der Waals surface area contributed by atoms with Gasteiger partial charge >= 0.3 is 12.1 Å². The molecule has 13 heteroatoms. The lowest BCUT2D eigenvalue weighted by molar-refractivity contribution is -0.0115. The Bertz CT molecular complexity index is 1390. The number of anilines is 2. The van der Waals surface area contributed by atoms with Gasteiger partial charge in [-0.05, 0) is 77.3 Å². The number of hydrogen-bond donors (Lipinski definition) is 4. The van der Waals surface area contributed by atoms with Crippen molar-refractivity contribution in [2.24, 2.45) is 5.92 Å². The molecule has 5 amide bonds. The van der Waals surface area contributed by atoms with Gasteiger partial charge in [0.05, 0.1) is 30.4 Å². The average Bonchev–Trinajstić information content (AvgIpc) is 3.50. The van der Waals surface area contributed by atoms with Crippen LogP contribution in [-0.2, 0) is 4.74 Å². The van der Waals surface area contributed by atoms with Crippen molar-refractivity contribution in [1.29, 1.82) is 0 Å². The van der Waals surface area contributed by atoms with Crippen molar-refractivity contribution in [3.05, 3.63) is 42.0 Å². The minimum atomic E-state index is -0.531. The number of aliphatic hydroxyl groups excluding tert-OH is 1. The molecule has 0 radical (unpaired) electrons. The fraction of sp³-hybridized carbons (Fsp3) is 0.559. The molecule has 4 N–H and O–H groups in total. The molecule has 2 heterocycles. The fourth-order valence-electron chi connectivity index (χ4n) is 5.44. The minimum Gasteiger partial charge on any atom is -0.490 e. The van der Waals surface area contributed by atoms with E-state index in [9.17, 15) is 19.5 Å². The standard InChI is InChI=1S/C34H49N5O8/c1-21(2)35-33(42)36-25-10-12-28-27(15-25)32(41)39(23(4)19-40)17-22(3)31(44-14-8-7-9-24(5)47-28)18-38(6)34(43)37-26-11-13-29-30(16-26)46-20-45-29/h10-13,15-16,21-24,31,40H,7-9,14,17-20H2,1-6H3,(H,37,43)(H2,35,36,42)/t22-,23+,24-,31+/m0/s1. The number of amides is 5. The zero-order valence-corrected chi connectivity index (χ0v) is 28.2. The van der Waals surface area contributed by atoms with Crippen molar-refractivity contribution >= 4 is 29.3 Å². The van der Waals surface area contributed by atoms with Crippen molar-refractivity contribution in [2.75, 3.05) is 50.8 Å². The smallest absolute Gasteiger partial charge is 0.321 e. The molecule has 0 spiro atoms. The first-order valence-electron chi connectivity index (χ1n) is 16.3. The number of benzene rings is 2. The predicted molar refractivity (Wildman–Crippen MR) is 178 cm³/mol. The number of rotatable bonds is 7. The first kappa shape index (κ1) is 35.6. The van der Waals surface area contributed by atoms with E-state index in [2.05, 4.69) is 16.0 Å². The van der Waals surface area contributed by atoms with Gasteiger partial charge in [-0.15, -0.1) is 0 Å². The predicted octanol–water partition coefficient (Wildman–Crippen LogP) is 4.90. The van der Waals surface area contributed by atoms with Crippen LogP contribution in [-0.4, -0.2) is 97.3 Å². The van der Waals surface area contributed by atoms with Crippen molar-refractivity contribution < 1.29 is 38.4 Å². The Morgan fingerprint density at radius 2 is 1.70 bits per heavy atom. The number of carbonyl (C=O) groups excluding carboxylic acids is 3. The zero-order chi connectivity index (χ0) is 34.1. The molecule has 13 nitrogen and oxygen atoms in total. The first-order valence-corrected chi connectivity index (χ1v) is 16.3. The van der Waals surface area contributed by atoms with Crippen molar-refractivity contribution in [3.63, 3.8) is 0 Å². The summed E-state index contributed by atoms with van der Waals surface area (Å²) < 4.78 is 23.4. The largest absolute Gasteiger partial charge is 0.490 e. The van der Waals surface area contributed by atoms with E-state index in [1.54, 1.807) is 60.2 Å². The highest BCUT2D eigenvalue weighted by Crippen LogP contribution is 2.34. The molecule has 2 aromatic rings. The topological polar surface area (TPSA) is 151 Å². The Labute approximate surface area is 276 Å². The van der Waals surface area contributed by atoms with Crippen LogP contribution in [0.5, 0.6) is 17.2 Å². The second-order valence-corrected chi connectivity index (χ2v) is 12.6. The van der Waals surface area contributed by atoms with E-state index < -0.39 is 12.1 Å². The normalized spacial score (nSPS) is 20.8. The summed E-state index contributed by atoms with van der Waals surface area (Å²) >= 11 is 0. The van der Waals surface area contributed by atoms with Gasteiger partial charge in [-0.25, -0.2) is 9.59 Å². The van der Waals surface area contributed by atoms with Gasteiger partial charge in [-0.3, -0.25) is 4.79 Å². The van der Waals surface area contributed by atoms with Crippen molar-refractivity contribution in [2.45, 2.75) is 78.2 Å². The van der Waals surface area contributed by atoms with E-state index in [0.717, 1.165) is 19.3 Å². The van der Waals surface area contributed by atoms with E-state index in [1.807, 2.05) is 27.7 Å². The van der Waals surface area contributed by atoms with Crippen LogP contribution in [0.1, 0.15) is 64.2 Å². The third-order valence-electron chi connectivity index (χ3n) is 8.15. The molecule has 2 aromatic carbocycles. The zero-order valence-electron chi connectivity index (χ0n) is 28.2. The van der Waals surface area contributed by atoms with Crippen LogP contribution in [0.15, 0.2) is 36.4 Å². The molecule has 0 aromatic heterocycles. The van der Waals surface area contributed by atoms with Gasteiger partial charge in [-0.1, -0.05) is 6.92 Å². The minimum absolute atomic E-state index is 0.0653. The number of ether oxygens (including phenoxy) is 4. The van der Waals surface area contributed by atoms with Crippen LogP contribution in [0.2, 0.25) is 0 Å². The van der Waals surface area contributed by atoms with Crippen molar-refractivity contribution in [1.82, 2.24) is 15.1 Å². The van der Waals surface area contributed by atoms with Gasteiger partial charge < -0.3 is 49.8 Å². The Morgan fingerprint density at radius 3 is 2.43 bits per heavy atom. The van der Waals surface area contributed by atoms with Gasteiger partial charge in [0.2, 0.25) is 6.79 Å². The van der Waals surface area contributed by atoms with Gasteiger partial charge in [-0.2, -0.15) is 0 Å². The van der Waals surface area contributed by atoms with E-state index in [-0.39, 0.29) is 68.1 Å². The summed E-state index contributed by atoms with van der Waals surface area (Å²) in [5.74, 6) is 1.03. The summed E-state index contributed by atoms with van der Waals surface area (Å²) in [7, 11) is 1.70. The van der Waals surface area contributed by atoms with Crippen LogP contribution in [0, 0.1) is 5.92 Å². The van der Waals surface area contributed by atoms with Gasteiger partial charge in [0.15, 0.2) is 11.5 Å². The van der Waals surface area contributed by atoms with Crippen LogP contribution in [0.25, 0.3) is 0 Å². The van der Waals surface area contributed by atoms with Crippen molar-refractivity contribution in [3.8, 4) is 17.2 Å². The number of likely N-dealkylation sites (N-methyl/N-ethyl adjacent to an activating group) is 1. The Balaban J connectivity index is 1.56. The molecule has 0 aliphatic carbocycles. The van der Waals surface area contributed by atoms with E-state index in [0.29, 0.717) is 35.2 Å². The van der Waals surface area contributed by atoms with Crippen LogP contribution in [0.3, 0.4) is 0 Å². The Hall–Kier alpha value is -4.23. The second kappa shape index (κ2) is 16.6. The molecule has 0 saturated heterocycles. The quantitative estimate of drug-likeness (QED) is 0.329. The molecule has 47 heavy (non-hydrogen) atoms. The molecule has 0 bridgehead atoms. The molecule has 2 aliphatic heterocycles. The average molecular weight is 656 g/mol. The molecule has 4 rings (SSSR count). The lowest BCUT2D eigenvalue weighted by Crippen LogP contribution is -2.48. The van der Waals surface area contributed by atoms with Crippen LogP contribution >= 0.6 is 0 Å². The molecule has 2 aliphatic rings. The van der Waals surface area contributed by atoms with Gasteiger partial charge in [0.1, 0.15) is 5.75 Å². The summed E-state index contributed by atoms with van der Waals surface area (Å²) in [6.07, 6.45) is 1.78. The third kappa shape index (κ3) is 9.88.